The number of amides is 1. The fourth-order valence-electron chi connectivity index (χ4n) is 1.04. The normalized spacial score (nSPS) is 9.86. The van der Waals surface area contributed by atoms with E-state index in [1.807, 2.05) is 0 Å². The van der Waals surface area contributed by atoms with E-state index in [2.05, 4.69) is 0 Å². The van der Waals surface area contributed by atoms with Crippen LogP contribution < -0.4 is 11.3 Å². The Morgan fingerprint density at radius 2 is 1.93 bits per heavy atom. The molecule has 0 saturated carbocycles. The summed E-state index contributed by atoms with van der Waals surface area (Å²) in [4.78, 5) is 11.1. The molecule has 1 aromatic carbocycles. The minimum absolute atomic E-state index is 0.0985. The fraction of sp³-hybridized carbons (Fsp3) is 0.125. The number of hydrogen-bond acceptors (Lipinski definition) is 5. The Kier molecular flexibility index (Phi) is 2.48. The minimum Gasteiger partial charge on any atom is -0.507 e. The second-order valence-corrected chi connectivity index (χ2v) is 2.74. The summed E-state index contributed by atoms with van der Waals surface area (Å²) in [6.45, 7) is 1.40. The molecular weight excluding hydrogens is 188 g/mol. The molecule has 0 heterocycles. The number of rotatable bonds is 1. The maximum Gasteiger partial charge on any atom is 0.272 e. The Hall–Kier alpha value is -1.95. The van der Waals surface area contributed by atoms with Crippen molar-refractivity contribution in [3.8, 4) is 17.2 Å². The van der Waals surface area contributed by atoms with Crippen molar-refractivity contribution >= 4 is 5.91 Å². The van der Waals surface area contributed by atoms with Gasteiger partial charge in [0.2, 0.25) is 0 Å². The Labute approximate surface area is 79.6 Å². The molecule has 0 aromatic heterocycles. The molecular formula is C8H10N2O4. The van der Waals surface area contributed by atoms with E-state index in [9.17, 15) is 20.1 Å². The van der Waals surface area contributed by atoms with E-state index in [0.29, 0.717) is 0 Å². The van der Waals surface area contributed by atoms with Crippen LogP contribution in [-0.2, 0) is 0 Å². The molecule has 0 aliphatic heterocycles. The molecule has 0 saturated heterocycles. The molecule has 0 aliphatic carbocycles. The zero-order valence-corrected chi connectivity index (χ0v) is 7.40. The van der Waals surface area contributed by atoms with Crippen LogP contribution in [0, 0.1) is 6.92 Å². The molecule has 1 rings (SSSR count). The Morgan fingerprint density at radius 1 is 1.36 bits per heavy atom. The van der Waals surface area contributed by atoms with Crippen LogP contribution in [0.1, 0.15) is 15.9 Å². The third kappa shape index (κ3) is 1.42. The second kappa shape index (κ2) is 3.43. The van der Waals surface area contributed by atoms with E-state index in [1.54, 1.807) is 5.43 Å². The number of phenols is 3. The molecule has 0 fully saturated rings. The highest BCUT2D eigenvalue weighted by molar-refractivity contribution is 5.99. The van der Waals surface area contributed by atoms with Gasteiger partial charge >= 0.3 is 0 Å². The Bertz CT molecular complexity index is 389. The van der Waals surface area contributed by atoms with Crippen LogP contribution in [0.2, 0.25) is 0 Å². The molecule has 0 spiro atoms. The number of nitrogen functional groups attached to an aromatic ring is 1. The molecule has 1 amide bonds. The van der Waals surface area contributed by atoms with Gasteiger partial charge in [0.25, 0.3) is 5.91 Å². The Balaban J connectivity index is 3.44. The lowest BCUT2D eigenvalue weighted by atomic mass is 10.1. The SMILES string of the molecule is Cc1c(O)cc(O)c(C(=O)NN)c1O. The molecule has 1 aromatic rings. The lowest BCUT2D eigenvalue weighted by Crippen LogP contribution is -2.30. The second-order valence-electron chi connectivity index (χ2n) is 2.74. The highest BCUT2D eigenvalue weighted by Gasteiger charge is 2.19. The van der Waals surface area contributed by atoms with Gasteiger partial charge in [0.1, 0.15) is 22.8 Å². The van der Waals surface area contributed by atoms with Gasteiger partial charge in [0.15, 0.2) is 0 Å². The third-order valence-corrected chi connectivity index (χ3v) is 1.86. The van der Waals surface area contributed by atoms with Gasteiger partial charge in [-0.15, -0.1) is 0 Å². The van der Waals surface area contributed by atoms with E-state index in [4.69, 9.17) is 5.84 Å². The van der Waals surface area contributed by atoms with Crippen molar-refractivity contribution in [3.05, 3.63) is 17.2 Å². The number of hydrogen-bond donors (Lipinski definition) is 5. The van der Waals surface area contributed by atoms with E-state index in [-0.39, 0.29) is 16.9 Å². The van der Waals surface area contributed by atoms with Gasteiger partial charge in [-0.1, -0.05) is 0 Å². The summed E-state index contributed by atoms with van der Waals surface area (Å²) in [7, 11) is 0. The molecule has 0 unspecified atom stereocenters. The number of carbonyl (C=O) groups is 1. The molecule has 0 radical (unpaired) electrons. The predicted octanol–water partition coefficient (Wildman–Crippen LogP) is -0.285. The van der Waals surface area contributed by atoms with Gasteiger partial charge in [0, 0.05) is 11.6 Å². The molecule has 14 heavy (non-hydrogen) atoms. The van der Waals surface area contributed by atoms with Gasteiger partial charge in [-0.3, -0.25) is 10.2 Å². The summed E-state index contributed by atoms with van der Waals surface area (Å²) in [5, 5.41) is 27.9. The number of nitrogens with two attached hydrogens (primary N) is 1. The first-order chi connectivity index (χ1) is 6.49. The highest BCUT2D eigenvalue weighted by Crippen LogP contribution is 2.36. The molecule has 76 valence electrons. The minimum atomic E-state index is -0.830. The number of carbonyl (C=O) groups excluding carboxylic acids is 1. The largest absolute Gasteiger partial charge is 0.507 e. The lowest BCUT2D eigenvalue weighted by molar-refractivity contribution is 0.0948. The summed E-state index contributed by atoms with van der Waals surface area (Å²) in [5.41, 5.74) is 1.51. The van der Waals surface area contributed by atoms with Crippen LogP contribution in [0.3, 0.4) is 0 Å². The van der Waals surface area contributed by atoms with Gasteiger partial charge in [0.05, 0.1) is 0 Å². The van der Waals surface area contributed by atoms with Crippen molar-refractivity contribution in [3.63, 3.8) is 0 Å². The average Bonchev–Trinajstić information content (AvgIpc) is 2.14. The maximum absolute atomic E-state index is 11.1. The zero-order valence-electron chi connectivity index (χ0n) is 7.40. The molecule has 6 nitrogen and oxygen atoms in total. The average molecular weight is 198 g/mol. The van der Waals surface area contributed by atoms with E-state index < -0.39 is 17.4 Å². The van der Waals surface area contributed by atoms with E-state index >= 15 is 0 Å². The van der Waals surface area contributed by atoms with Gasteiger partial charge in [-0.2, -0.15) is 0 Å². The van der Waals surface area contributed by atoms with Crippen LogP contribution in [0.5, 0.6) is 17.2 Å². The fourth-order valence-corrected chi connectivity index (χ4v) is 1.04. The van der Waals surface area contributed by atoms with Crippen molar-refractivity contribution in [2.24, 2.45) is 5.84 Å². The van der Waals surface area contributed by atoms with E-state index in [0.717, 1.165) is 6.07 Å². The monoisotopic (exact) mass is 198 g/mol. The van der Waals surface area contributed by atoms with Crippen LogP contribution in [-0.4, -0.2) is 21.2 Å². The first-order valence-electron chi connectivity index (χ1n) is 3.74. The predicted molar refractivity (Wildman–Crippen MR) is 47.8 cm³/mol. The summed E-state index contributed by atoms with van der Waals surface area (Å²) >= 11 is 0. The van der Waals surface area contributed by atoms with E-state index in [1.165, 1.54) is 6.92 Å². The van der Waals surface area contributed by atoms with Crippen molar-refractivity contribution in [2.45, 2.75) is 6.92 Å². The Morgan fingerprint density at radius 3 is 2.43 bits per heavy atom. The molecule has 0 atom stereocenters. The van der Waals surface area contributed by atoms with Gasteiger partial charge < -0.3 is 15.3 Å². The third-order valence-electron chi connectivity index (χ3n) is 1.86. The standard InChI is InChI=1S/C8H10N2O4/c1-3-4(11)2-5(12)6(7(3)13)8(14)10-9/h2,11-13H,9H2,1H3,(H,10,14). The van der Waals surface area contributed by atoms with Gasteiger partial charge in [-0.05, 0) is 6.92 Å². The first-order valence-corrected chi connectivity index (χ1v) is 3.74. The summed E-state index contributed by atoms with van der Waals surface area (Å²) in [6, 6.07) is 0.958. The summed E-state index contributed by atoms with van der Waals surface area (Å²) in [6.07, 6.45) is 0. The number of hydrazine groups is 1. The van der Waals surface area contributed by atoms with Crippen LogP contribution in [0.15, 0.2) is 6.07 Å². The van der Waals surface area contributed by atoms with Crippen LogP contribution in [0.25, 0.3) is 0 Å². The van der Waals surface area contributed by atoms with Crippen molar-refractivity contribution < 1.29 is 20.1 Å². The molecule has 6 heteroatoms. The van der Waals surface area contributed by atoms with Crippen molar-refractivity contribution in [1.82, 2.24) is 5.43 Å². The van der Waals surface area contributed by atoms with Crippen LogP contribution >= 0.6 is 0 Å². The lowest BCUT2D eigenvalue weighted by Gasteiger charge is -2.09. The molecule has 0 aliphatic rings. The number of aromatic hydroxyl groups is 3. The van der Waals surface area contributed by atoms with Crippen molar-refractivity contribution in [1.29, 1.82) is 0 Å². The van der Waals surface area contributed by atoms with Crippen LogP contribution in [0.4, 0.5) is 0 Å². The number of benzene rings is 1. The molecule has 0 bridgehead atoms. The summed E-state index contributed by atoms with van der Waals surface area (Å²) < 4.78 is 0. The van der Waals surface area contributed by atoms with Gasteiger partial charge in [-0.25, -0.2) is 5.84 Å². The summed E-state index contributed by atoms with van der Waals surface area (Å²) in [5.74, 6) is 2.69. The van der Waals surface area contributed by atoms with Crippen molar-refractivity contribution in [2.75, 3.05) is 0 Å². The maximum atomic E-state index is 11.1. The topological polar surface area (TPSA) is 116 Å². The highest BCUT2D eigenvalue weighted by atomic mass is 16.3. The molecule has 6 N–H and O–H groups in total. The first kappa shape index (κ1) is 10.1. The quantitative estimate of drug-likeness (QED) is 0.242. The smallest absolute Gasteiger partial charge is 0.272 e. The number of nitrogens with one attached hydrogen (secondary N) is 1. The zero-order chi connectivity index (χ0) is 10.9. The number of phenolic OH excluding ortho intramolecular Hbond substituents is 3.